The molecular formula is C7H10O4. The predicted octanol–water partition coefficient (Wildman–Crippen LogP) is 0.0426. The van der Waals surface area contributed by atoms with Gasteiger partial charge in [0.2, 0.25) is 0 Å². The largest absolute Gasteiger partial charge is 0.478 e. The van der Waals surface area contributed by atoms with E-state index in [9.17, 15) is 4.79 Å². The Kier molecular flexibility index (Phi) is 3.07. The summed E-state index contributed by atoms with van der Waals surface area (Å²) in [5.74, 6) is -0.946. The highest BCUT2D eigenvalue weighted by Crippen LogP contribution is 2.04. The van der Waals surface area contributed by atoms with Crippen LogP contribution in [-0.2, 0) is 14.3 Å². The first-order valence-electron chi connectivity index (χ1n) is 3.38. The number of carbonyl (C=O) groups is 1. The van der Waals surface area contributed by atoms with Gasteiger partial charge in [-0.25, -0.2) is 4.79 Å². The molecule has 0 atom stereocenters. The van der Waals surface area contributed by atoms with E-state index in [2.05, 4.69) is 0 Å². The topological polar surface area (TPSA) is 55.8 Å². The molecule has 0 aromatic rings. The van der Waals surface area contributed by atoms with Crippen LogP contribution in [0.1, 0.15) is 0 Å². The highest BCUT2D eigenvalue weighted by Gasteiger charge is 2.17. The van der Waals surface area contributed by atoms with Crippen LogP contribution in [0.2, 0.25) is 0 Å². The number of carboxylic acid groups (broad SMARTS) is 1. The third-order valence-electron chi connectivity index (χ3n) is 1.30. The SMILES string of the molecule is O=C(O)/C=C/COC1COC1. The number of aliphatic carboxylic acids is 1. The number of ether oxygens (including phenoxy) is 2. The van der Waals surface area contributed by atoms with Gasteiger partial charge in [-0.1, -0.05) is 6.08 Å². The third kappa shape index (κ3) is 3.15. The van der Waals surface area contributed by atoms with Crippen LogP contribution in [0.15, 0.2) is 12.2 Å². The molecule has 1 rings (SSSR count). The van der Waals surface area contributed by atoms with E-state index in [0.29, 0.717) is 19.8 Å². The lowest BCUT2D eigenvalue weighted by molar-refractivity contribution is -0.131. The molecule has 0 saturated carbocycles. The van der Waals surface area contributed by atoms with Gasteiger partial charge in [-0.15, -0.1) is 0 Å². The van der Waals surface area contributed by atoms with Gasteiger partial charge in [0.25, 0.3) is 0 Å². The van der Waals surface area contributed by atoms with E-state index in [0.717, 1.165) is 6.08 Å². The Hall–Kier alpha value is -0.870. The standard InChI is InChI=1S/C7H10O4/c8-7(9)2-1-3-11-6-4-10-5-6/h1-2,6H,3-5H2,(H,8,9)/b2-1+. The molecule has 0 aliphatic carbocycles. The van der Waals surface area contributed by atoms with E-state index in [1.165, 1.54) is 6.08 Å². The van der Waals surface area contributed by atoms with Crippen molar-refractivity contribution < 1.29 is 19.4 Å². The minimum atomic E-state index is -0.946. The van der Waals surface area contributed by atoms with Crippen molar-refractivity contribution in [2.75, 3.05) is 19.8 Å². The monoisotopic (exact) mass is 158 g/mol. The van der Waals surface area contributed by atoms with E-state index in [1.54, 1.807) is 0 Å². The van der Waals surface area contributed by atoms with Gasteiger partial charge in [-0.3, -0.25) is 0 Å². The van der Waals surface area contributed by atoms with Crippen LogP contribution in [0.25, 0.3) is 0 Å². The maximum Gasteiger partial charge on any atom is 0.328 e. The molecule has 62 valence electrons. The number of carboxylic acids is 1. The maximum absolute atomic E-state index is 9.96. The Labute approximate surface area is 64.4 Å². The average Bonchev–Trinajstić information content (AvgIpc) is 1.82. The van der Waals surface area contributed by atoms with E-state index < -0.39 is 5.97 Å². The first-order valence-corrected chi connectivity index (χ1v) is 3.38. The Morgan fingerprint density at radius 1 is 1.73 bits per heavy atom. The summed E-state index contributed by atoms with van der Waals surface area (Å²) in [6.45, 7) is 1.60. The number of hydrogen-bond donors (Lipinski definition) is 1. The molecular weight excluding hydrogens is 148 g/mol. The molecule has 1 N–H and O–H groups in total. The van der Waals surface area contributed by atoms with Gasteiger partial charge in [0, 0.05) is 6.08 Å². The van der Waals surface area contributed by atoms with Crippen LogP contribution >= 0.6 is 0 Å². The van der Waals surface area contributed by atoms with Crippen LogP contribution in [0.3, 0.4) is 0 Å². The minimum Gasteiger partial charge on any atom is -0.478 e. The van der Waals surface area contributed by atoms with Gasteiger partial charge in [-0.05, 0) is 0 Å². The Morgan fingerprint density at radius 3 is 2.91 bits per heavy atom. The molecule has 1 saturated heterocycles. The second kappa shape index (κ2) is 4.10. The molecule has 1 heterocycles. The average molecular weight is 158 g/mol. The van der Waals surface area contributed by atoms with E-state index in [1.807, 2.05) is 0 Å². The van der Waals surface area contributed by atoms with Crippen molar-refractivity contribution in [1.29, 1.82) is 0 Å². The summed E-state index contributed by atoms with van der Waals surface area (Å²) in [5.41, 5.74) is 0. The van der Waals surface area contributed by atoms with E-state index in [4.69, 9.17) is 14.6 Å². The second-order valence-electron chi connectivity index (χ2n) is 2.23. The fourth-order valence-electron chi connectivity index (χ4n) is 0.651. The zero-order valence-corrected chi connectivity index (χ0v) is 6.03. The highest BCUT2D eigenvalue weighted by atomic mass is 16.6. The molecule has 0 amide bonds. The Balaban J connectivity index is 1.98. The lowest BCUT2D eigenvalue weighted by atomic mass is 10.3. The van der Waals surface area contributed by atoms with Gasteiger partial charge in [0.15, 0.2) is 0 Å². The smallest absolute Gasteiger partial charge is 0.328 e. The van der Waals surface area contributed by atoms with Gasteiger partial charge in [-0.2, -0.15) is 0 Å². The van der Waals surface area contributed by atoms with Crippen LogP contribution < -0.4 is 0 Å². The van der Waals surface area contributed by atoms with Crippen molar-refractivity contribution in [3.8, 4) is 0 Å². The van der Waals surface area contributed by atoms with Gasteiger partial charge in [0.1, 0.15) is 6.10 Å². The predicted molar refractivity (Wildman–Crippen MR) is 37.3 cm³/mol. The molecule has 0 radical (unpaired) electrons. The third-order valence-corrected chi connectivity index (χ3v) is 1.30. The molecule has 1 fully saturated rings. The minimum absolute atomic E-state index is 0.161. The van der Waals surface area contributed by atoms with Gasteiger partial charge in [0.05, 0.1) is 19.8 Å². The molecule has 0 bridgehead atoms. The maximum atomic E-state index is 9.96. The molecule has 1 aliphatic rings. The Bertz CT molecular complexity index is 160. The molecule has 0 unspecified atom stereocenters. The Morgan fingerprint density at radius 2 is 2.45 bits per heavy atom. The summed E-state index contributed by atoms with van der Waals surface area (Å²) in [6, 6.07) is 0. The van der Waals surface area contributed by atoms with Crippen LogP contribution in [-0.4, -0.2) is 37.0 Å². The molecule has 4 heteroatoms. The van der Waals surface area contributed by atoms with Crippen LogP contribution in [0.5, 0.6) is 0 Å². The first kappa shape index (κ1) is 8.23. The summed E-state index contributed by atoms with van der Waals surface area (Å²) in [5, 5.41) is 8.18. The quantitative estimate of drug-likeness (QED) is 0.587. The number of rotatable bonds is 4. The molecule has 0 aromatic carbocycles. The van der Waals surface area contributed by atoms with Gasteiger partial charge < -0.3 is 14.6 Å². The lowest BCUT2D eigenvalue weighted by Crippen LogP contribution is -2.36. The summed E-state index contributed by atoms with van der Waals surface area (Å²) < 4.78 is 10.0. The molecule has 4 nitrogen and oxygen atoms in total. The van der Waals surface area contributed by atoms with Crippen molar-refractivity contribution in [2.45, 2.75) is 6.10 Å². The lowest BCUT2D eigenvalue weighted by Gasteiger charge is -2.25. The van der Waals surface area contributed by atoms with Crippen molar-refractivity contribution in [3.63, 3.8) is 0 Å². The fraction of sp³-hybridized carbons (Fsp3) is 0.571. The summed E-state index contributed by atoms with van der Waals surface area (Å²) in [6.07, 6.45) is 2.70. The summed E-state index contributed by atoms with van der Waals surface area (Å²) in [7, 11) is 0. The highest BCUT2D eigenvalue weighted by molar-refractivity contribution is 5.79. The zero-order valence-electron chi connectivity index (χ0n) is 6.03. The van der Waals surface area contributed by atoms with Crippen LogP contribution in [0.4, 0.5) is 0 Å². The molecule has 1 aliphatic heterocycles. The molecule has 0 aromatic heterocycles. The fourth-order valence-corrected chi connectivity index (χ4v) is 0.651. The van der Waals surface area contributed by atoms with Crippen molar-refractivity contribution in [1.82, 2.24) is 0 Å². The van der Waals surface area contributed by atoms with Crippen molar-refractivity contribution in [2.24, 2.45) is 0 Å². The first-order chi connectivity index (χ1) is 5.29. The number of hydrogen-bond acceptors (Lipinski definition) is 3. The normalized spacial score (nSPS) is 18.5. The second-order valence-corrected chi connectivity index (χ2v) is 2.23. The van der Waals surface area contributed by atoms with E-state index >= 15 is 0 Å². The molecule has 0 spiro atoms. The summed E-state index contributed by atoms with van der Waals surface area (Å²) >= 11 is 0. The zero-order chi connectivity index (χ0) is 8.10. The van der Waals surface area contributed by atoms with Crippen molar-refractivity contribution in [3.05, 3.63) is 12.2 Å². The summed E-state index contributed by atoms with van der Waals surface area (Å²) in [4.78, 5) is 9.96. The van der Waals surface area contributed by atoms with E-state index in [-0.39, 0.29) is 6.10 Å². The van der Waals surface area contributed by atoms with Crippen molar-refractivity contribution >= 4 is 5.97 Å². The molecule has 11 heavy (non-hydrogen) atoms. The van der Waals surface area contributed by atoms with Crippen LogP contribution in [0, 0.1) is 0 Å². The van der Waals surface area contributed by atoms with Gasteiger partial charge >= 0.3 is 5.97 Å².